The van der Waals surface area contributed by atoms with Crippen LogP contribution in [0.4, 0.5) is 0 Å². The molecule has 2 aromatic heterocycles. The molecule has 0 unspecified atom stereocenters. The lowest BCUT2D eigenvalue weighted by Gasteiger charge is -2.02. The van der Waals surface area contributed by atoms with Crippen molar-refractivity contribution in [2.75, 3.05) is 0 Å². The number of halogens is 1. The van der Waals surface area contributed by atoms with Gasteiger partial charge in [0.05, 0.1) is 12.7 Å². The standard InChI is InChI=1S/C13H10BrN3S/c14-12-4-2-1-3-10(12)7-17-8-13(15-16-17)11-5-6-18-9-11/h1-6,8-9H,7H2. The molecule has 1 aromatic carbocycles. The minimum atomic E-state index is 0.721. The fraction of sp³-hybridized carbons (Fsp3) is 0.0769. The van der Waals surface area contributed by atoms with Crippen LogP contribution in [0.1, 0.15) is 5.56 Å². The topological polar surface area (TPSA) is 30.7 Å². The van der Waals surface area contributed by atoms with Crippen molar-refractivity contribution in [3.05, 3.63) is 57.3 Å². The van der Waals surface area contributed by atoms with E-state index in [4.69, 9.17) is 0 Å². The smallest absolute Gasteiger partial charge is 0.113 e. The van der Waals surface area contributed by atoms with Crippen LogP contribution in [-0.2, 0) is 6.54 Å². The molecule has 2 heterocycles. The van der Waals surface area contributed by atoms with Crippen molar-refractivity contribution in [2.24, 2.45) is 0 Å². The summed E-state index contributed by atoms with van der Waals surface area (Å²) in [4.78, 5) is 0. The second-order valence-corrected chi connectivity index (χ2v) is 5.54. The Hall–Kier alpha value is -1.46. The highest BCUT2D eigenvalue weighted by Crippen LogP contribution is 2.20. The van der Waals surface area contributed by atoms with Crippen molar-refractivity contribution in [3.8, 4) is 11.3 Å². The molecule has 0 saturated carbocycles. The summed E-state index contributed by atoms with van der Waals surface area (Å²) >= 11 is 5.20. The highest BCUT2D eigenvalue weighted by molar-refractivity contribution is 9.10. The molecular formula is C13H10BrN3S. The lowest BCUT2D eigenvalue weighted by atomic mass is 10.2. The zero-order chi connectivity index (χ0) is 12.4. The Kier molecular flexibility index (Phi) is 3.25. The summed E-state index contributed by atoms with van der Waals surface area (Å²) in [6.45, 7) is 0.721. The molecule has 0 saturated heterocycles. The van der Waals surface area contributed by atoms with Crippen LogP contribution in [-0.4, -0.2) is 15.0 Å². The van der Waals surface area contributed by atoms with Crippen molar-refractivity contribution in [1.29, 1.82) is 0 Å². The van der Waals surface area contributed by atoms with E-state index in [0.29, 0.717) is 0 Å². The molecule has 0 aliphatic carbocycles. The number of aromatic nitrogens is 3. The van der Waals surface area contributed by atoms with Gasteiger partial charge in [0.2, 0.25) is 0 Å². The van der Waals surface area contributed by atoms with E-state index in [-0.39, 0.29) is 0 Å². The first kappa shape index (κ1) is 11.6. The zero-order valence-corrected chi connectivity index (χ0v) is 11.9. The molecular weight excluding hydrogens is 310 g/mol. The van der Waals surface area contributed by atoms with Gasteiger partial charge >= 0.3 is 0 Å². The molecule has 0 fully saturated rings. The first-order valence-corrected chi connectivity index (χ1v) is 7.22. The zero-order valence-electron chi connectivity index (χ0n) is 9.45. The van der Waals surface area contributed by atoms with Gasteiger partial charge in [0.15, 0.2) is 0 Å². The fourth-order valence-electron chi connectivity index (χ4n) is 1.72. The summed E-state index contributed by atoms with van der Waals surface area (Å²) in [5.74, 6) is 0. The van der Waals surface area contributed by atoms with E-state index < -0.39 is 0 Å². The Labute approximate surface area is 117 Å². The highest BCUT2D eigenvalue weighted by Gasteiger charge is 2.05. The number of hydrogen-bond acceptors (Lipinski definition) is 3. The molecule has 3 aromatic rings. The molecule has 0 radical (unpaired) electrons. The molecule has 0 aliphatic heterocycles. The molecule has 0 amide bonds. The summed E-state index contributed by atoms with van der Waals surface area (Å²) in [7, 11) is 0. The number of nitrogens with zero attached hydrogens (tertiary/aromatic N) is 3. The second kappa shape index (κ2) is 5.04. The quantitative estimate of drug-likeness (QED) is 0.734. The van der Waals surface area contributed by atoms with Crippen LogP contribution >= 0.6 is 27.3 Å². The molecule has 0 bridgehead atoms. The number of hydrogen-bond donors (Lipinski definition) is 0. The molecule has 3 rings (SSSR count). The van der Waals surface area contributed by atoms with Crippen molar-refractivity contribution >= 4 is 27.3 Å². The largest absolute Gasteiger partial charge is 0.247 e. The third-order valence-corrected chi connectivity index (χ3v) is 4.10. The van der Waals surface area contributed by atoms with Crippen LogP contribution in [0.15, 0.2) is 51.8 Å². The SMILES string of the molecule is Brc1ccccc1Cn1cc(-c2ccsc2)nn1. The highest BCUT2D eigenvalue weighted by atomic mass is 79.9. The molecule has 5 heteroatoms. The molecule has 0 aliphatic rings. The van der Waals surface area contributed by atoms with Gasteiger partial charge in [-0.25, -0.2) is 4.68 Å². The van der Waals surface area contributed by atoms with Crippen molar-refractivity contribution in [1.82, 2.24) is 15.0 Å². The van der Waals surface area contributed by atoms with E-state index >= 15 is 0 Å². The van der Waals surface area contributed by atoms with Gasteiger partial charge in [0.25, 0.3) is 0 Å². The van der Waals surface area contributed by atoms with Crippen LogP contribution in [0, 0.1) is 0 Å². The summed E-state index contributed by atoms with van der Waals surface area (Å²) in [6, 6.07) is 10.2. The number of rotatable bonds is 3. The predicted octanol–water partition coefficient (Wildman–Crippen LogP) is 3.82. The first-order chi connectivity index (χ1) is 8.83. The summed E-state index contributed by atoms with van der Waals surface area (Å²) in [5.41, 5.74) is 3.24. The summed E-state index contributed by atoms with van der Waals surface area (Å²) < 4.78 is 2.95. The minimum absolute atomic E-state index is 0.721. The van der Waals surface area contributed by atoms with Gasteiger partial charge in [-0.05, 0) is 23.1 Å². The maximum absolute atomic E-state index is 4.19. The molecule has 90 valence electrons. The maximum Gasteiger partial charge on any atom is 0.113 e. The predicted molar refractivity (Wildman–Crippen MR) is 76.6 cm³/mol. The van der Waals surface area contributed by atoms with E-state index in [2.05, 4.69) is 43.8 Å². The molecule has 3 nitrogen and oxygen atoms in total. The third-order valence-electron chi connectivity index (χ3n) is 2.65. The Morgan fingerprint density at radius 2 is 2.11 bits per heavy atom. The second-order valence-electron chi connectivity index (χ2n) is 3.90. The van der Waals surface area contributed by atoms with E-state index in [0.717, 1.165) is 22.3 Å². The van der Waals surface area contributed by atoms with Gasteiger partial charge in [-0.15, -0.1) is 5.10 Å². The van der Waals surface area contributed by atoms with Crippen molar-refractivity contribution in [3.63, 3.8) is 0 Å². The normalized spacial score (nSPS) is 10.7. The van der Waals surface area contributed by atoms with Crippen LogP contribution in [0.2, 0.25) is 0 Å². The Morgan fingerprint density at radius 3 is 2.89 bits per heavy atom. The van der Waals surface area contributed by atoms with Crippen LogP contribution in [0.5, 0.6) is 0 Å². The monoisotopic (exact) mass is 319 g/mol. The van der Waals surface area contributed by atoms with Crippen molar-refractivity contribution < 1.29 is 0 Å². The van der Waals surface area contributed by atoms with Crippen molar-refractivity contribution in [2.45, 2.75) is 6.54 Å². The van der Waals surface area contributed by atoms with Gasteiger partial charge in [-0.1, -0.05) is 39.3 Å². The average Bonchev–Trinajstić information content (AvgIpc) is 3.02. The Bertz CT molecular complexity index is 646. The van der Waals surface area contributed by atoms with E-state index in [9.17, 15) is 0 Å². The first-order valence-electron chi connectivity index (χ1n) is 5.49. The minimum Gasteiger partial charge on any atom is -0.247 e. The molecule has 0 atom stereocenters. The van der Waals surface area contributed by atoms with Gasteiger partial charge in [0, 0.05) is 15.4 Å². The van der Waals surface area contributed by atoms with Crippen LogP contribution in [0.25, 0.3) is 11.3 Å². The van der Waals surface area contributed by atoms with E-state index in [1.807, 2.05) is 34.5 Å². The molecule has 0 N–H and O–H groups in total. The number of thiophene rings is 1. The molecule has 0 spiro atoms. The molecule has 18 heavy (non-hydrogen) atoms. The lowest BCUT2D eigenvalue weighted by Crippen LogP contribution is -2.00. The van der Waals surface area contributed by atoms with Gasteiger partial charge in [0.1, 0.15) is 5.69 Å². The van der Waals surface area contributed by atoms with Gasteiger partial charge < -0.3 is 0 Å². The summed E-state index contributed by atoms with van der Waals surface area (Å²) in [5, 5.41) is 12.5. The summed E-state index contributed by atoms with van der Waals surface area (Å²) in [6.07, 6.45) is 1.97. The number of benzene rings is 1. The fourth-order valence-corrected chi connectivity index (χ4v) is 2.78. The van der Waals surface area contributed by atoms with Gasteiger partial charge in [-0.3, -0.25) is 0 Å². The van der Waals surface area contributed by atoms with Crippen LogP contribution in [0.3, 0.4) is 0 Å². The van der Waals surface area contributed by atoms with Crippen LogP contribution < -0.4 is 0 Å². The Morgan fingerprint density at radius 1 is 1.22 bits per heavy atom. The Balaban J connectivity index is 1.85. The maximum atomic E-state index is 4.19. The third kappa shape index (κ3) is 2.37. The average molecular weight is 320 g/mol. The van der Waals surface area contributed by atoms with E-state index in [1.165, 1.54) is 5.56 Å². The van der Waals surface area contributed by atoms with E-state index in [1.54, 1.807) is 11.3 Å². The van der Waals surface area contributed by atoms with Gasteiger partial charge in [-0.2, -0.15) is 11.3 Å². The lowest BCUT2D eigenvalue weighted by molar-refractivity contribution is 0.648.